The van der Waals surface area contributed by atoms with Crippen LogP contribution in [0.25, 0.3) is 21.9 Å². The van der Waals surface area contributed by atoms with Gasteiger partial charge in [-0.2, -0.15) is 0 Å². The van der Waals surface area contributed by atoms with Crippen molar-refractivity contribution in [2.24, 2.45) is 5.92 Å². The van der Waals surface area contributed by atoms with E-state index >= 15 is 0 Å². The van der Waals surface area contributed by atoms with E-state index in [0.29, 0.717) is 12.5 Å². The molecule has 0 spiro atoms. The Bertz CT molecular complexity index is 1150. The normalized spacial score (nSPS) is 15.1. The van der Waals surface area contributed by atoms with Gasteiger partial charge >= 0.3 is 0 Å². The monoisotopic (exact) mass is 401 g/mol. The summed E-state index contributed by atoms with van der Waals surface area (Å²) in [5.74, 6) is 2.61. The molecule has 0 N–H and O–H groups in total. The largest absolute Gasteiger partial charge is 0.489 e. The van der Waals surface area contributed by atoms with Gasteiger partial charge in [0, 0.05) is 31.6 Å². The van der Waals surface area contributed by atoms with Crippen LogP contribution in [-0.2, 0) is 24.3 Å². The van der Waals surface area contributed by atoms with Gasteiger partial charge in [0.05, 0.1) is 17.2 Å². The van der Waals surface area contributed by atoms with Gasteiger partial charge in [-0.15, -0.1) is 0 Å². The summed E-state index contributed by atoms with van der Waals surface area (Å²) in [6, 6.07) is 16.4. The number of hydrogen-bond donors (Lipinski definition) is 0. The summed E-state index contributed by atoms with van der Waals surface area (Å²) >= 11 is 0. The molecule has 5 rings (SSSR count). The predicted molar refractivity (Wildman–Crippen MR) is 119 cm³/mol. The quantitative estimate of drug-likeness (QED) is 0.448. The number of imidazole rings is 1. The highest BCUT2D eigenvalue weighted by atomic mass is 16.5. The Morgan fingerprint density at radius 1 is 1.07 bits per heavy atom. The summed E-state index contributed by atoms with van der Waals surface area (Å²) in [6.07, 6.45) is 5.03. The highest BCUT2D eigenvalue weighted by molar-refractivity contribution is 6.02. The topological polar surface area (TPSA) is 49.2 Å². The van der Waals surface area contributed by atoms with E-state index in [4.69, 9.17) is 14.5 Å². The van der Waals surface area contributed by atoms with Gasteiger partial charge in [0.1, 0.15) is 23.7 Å². The maximum atomic E-state index is 6.10. The zero-order valence-electron chi connectivity index (χ0n) is 17.4. The van der Waals surface area contributed by atoms with Crippen LogP contribution in [0, 0.1) is 5.92 Å². The third kappa shape index (κ3) is 3.77. The number of aromatic nitrogens is 3. The summed E-state index contributed by atoms with van der Waals surface area (Å²) in [5, 5.41) is 1.11. The van der Waals surface area contributed by atoms with E-state index in [1.54, 1.807) is 0 Å². The van der Waals surface area contributed by atoms with E-state index in [1.165, 1.54) is 5.52 Å². The van der Waals surface area contributed by atoms with Crippen molar-refractivity contribution in [1.29, 1.82) is 0 Å². The number of hydrogen-bond acceptors (Lipinski definition) is 4. The molecule has 0 unspecified atom stereocenters. The second-order valence-corrected chi connectivity index (χ2v) is 7.99. The molecule has 1 aliphatic heterocycles. The Labute approximate surface area is 176 Å². The summed E-state index contributed by atoms with van der Waals surface area (Å²) in [6.45, 7) is 5.43. The third-order valence-electron chi connectivity index (χ3n) is 5.97. The smallest absolute Gasteiger partial charge is 0.120 e. The van der Waals surface area contributed by atoms with E-state index in [0.717, 1.165) is 72.6 Å². The molecule has 1 fully saturated rings. The standard InChI is InChI=1S/C25H27N3O2/c1-2-24-27-23-15-26-22-9-8-20(30-17-19-6-4-3-5-7-19)14-21(22)25(23)28(24)16-18-10-12-29-13-11-18/h3-9,14-15,18H,2,10-13,16-17H2,1H3. The molecule has 0 bridgehead atoms. The van der Waals surface area contributed by atoms with Gasteiger partial charge in [-0.1, -0.05) is 37.3 Å². The minimum Gasteiger partial charge on any atom is -0.489 e. The van der Waals surface area contributed by atoms with Crippen LogP contribution in [0.2, 0.25) is 0 Å². The molecule has 5 heteroatoms. The molecule has 5 nitrogen and oxygen atoms in total. The van der Waals surface area contributed by atoms with Crippen molar-refractivity contribution in [2.75, 3.05) is 13.2 Å². The second kappa shape index (κ2) is 8.44. The highest BCUT2D eigenvalue weighted by Gasteiger charge is 2.19. The molecule has 0 amide bonds. The first kappa shape index (κ1) is 19.1. The first-order valence-corrected chi connectivity index (χ1v) is 10.8. The van der Waals surface area contributed by atoms with Gasteiger partial charge in [0.25, 0.3) is 0 Å². The van der Waals surface area contributed by atoms with Gasteiger partial charge in [0.15, 0.2) is 0 Å². The summed E-state index contributed by atoms with van der Waals surface area (Å²) in [4.78, 5) is 9.55. The average molecular weight is 402 g/mol. The average Bonchev–Trinajstić information content (AvgIpc) is 3.17. The maximum absolute atomic E-state index is 6.10. The lowest BCUT2D eigenvalue weighted by molar-refractivity contribution is 0.0614. The van der Waals surface area contributed by atoms with E-state index in [9.17, 15) is 0 Å². The fraction of sp³-hybridized carbons (Fsp3) is 0.360. The number of aryl methyl sites for hydroxylation is 1. The van der Waals surface area contributed by atoms with Crippen LogP contribution in [-0.4, -0.2) is 27.7 Å². The van der Waals surface area contributed by atoms with Crippen LogP contribution in [0.1, 0.15) is 31.2 Å². The third-order valence-corrected chi connectivity index (χ3v) is 5.97. The van der Waals surface area contributed by atoms with E-state index in [2.05, 4.69) is 34.7 Å². The van der Waals surface area contributed by atoms with Crippen molar-refractivity contribution >= 4 is 21.9 Å². The molecular weight excluding hydrogens is 374 g/mol. The highest BCUT2D eigenvalue weighted by Crippen LogP contribution is 2.30. The van der Waals surface area contributed by atoms with E-state index in [-0.39, 0.29) is 0 Å². The van der Waals surface area contributed by atoms with Crippen molar-refractivity contribution in [3.05, 3.63) is 66.1 Å². The molecule has 1 saturated heterocycles. The van der Waals surface area contributed by atoms with E-state index < -0.39 is 0 Å². The van der Waals surface area contributed by atoms with Crippen LogP contribution >= 0.6 is 0 Å². The summed E-state index contributed by atoms with van der Waals surface area (Å²) in [7, 11) is 0. The van der Waals surface area contributed by atoms with Gasteiger partial charge in [0.2, 0.25) is 0 Å². The van der Waals surface area contributed by atoms with Crippen molar-refractivity contribution in [3.63, 3.8) is 0 Å². The first-order valence-electron chi connectivity index (χ1n) is 10.8. The van der Waals surface area contributed by atoms with Crippen LogP contribution in [0.15, 0.2) is 54.7 Å². The molecule has 30 heavy (non-hydrogen) atoms. The maximum Gasteiger partial charge on any atom is 0.120 e. The molecule has 1 aliphatic rings. The Morgan fingerprint density at radius 2 is 1.90 bits per heavy atom. The molecule has 2 aromatic heterocycles. The van der Waals surface area contributed by atoms with Crippen molar-refractivity contribution < 1.29 is 9.47 Å². The Kier molecular flexibility index (Phi) is 5.37. The number of pyridine rings is 1. The number of ether oxygens (including phenoxy) is 2. The molecule has 2 aromatic carbocycles. The molecule has 4 aromatic rings. The fourth-order valence-electron chi connectivity index (χ4n) is 4.33. The van der Waals surface area contributed by atoms with Crippen LogP contribution in [0.5, 0.6) is 5.75 Å². The Hall–Kier alpha value is -2.92. The van der Waals surface area contributed by atoms with Gasteiger partial charge < -0.3 is 14.0 Å². The second-order valence-electron chi connectivity index (χ2n) is 7.99. The van der Waals surface area contributed by atoms with Gasteiger partial charge in [-0.25, -0.2) is 4.98 Å². The van der Waals surface area contributed by atoms with Crippen molar-refractivity contribution in [1.82, 2.24) is 14.5 Å². The molecule has 0 radical (unpaired) electrons. The van der Waals surface area contributed by atoms with E-state index in [1.807, 2.05) is 36.5 Å². The molecular formula is C25H27N3O2. The van der Waals surface area contributed by atoms with Gasteiger partial charge in [-0.3, -0.25) is 4.98 Å². The Morgan fingerprint density at radius 3 is 2.70 bits per heavy atom. The van der Waals surface area contributed by atoms with Gasteiger partial charge in [-0.05, 0) is 42.5 Å². The first-order chi connectivity index (χ1) is 14.8. The van der Waals surface area contributed by atoms with Crippen LogP contribution < -0.4 is 4.74 Å². The molecule has 0 atom stereocenters. The SMILES string of the molecule is CCc1nc2cnc3ccc(OCc4ccccc4)cc3c2n1CC1CCOCC1. The number of rotatable bonds is 6. The molecule has 154 valence electrons. The molecule has 0 saturated carbocycles. The summed E-state index contributed by atoms with van der Waals surface area (Å²) < 4.78 is 14.1. The predicted octanol–water partition coefficient (Wildman–Crippen LogP) is 5.15. The lowest BCUT2D eigenvalue weighted by atomic mass is 10.00. The van der Waals surface area contributed by atoms with Crippen molar-refractivity contribution in [3.8, 4) is 5.75 Å². The number of nitrogens with zero attached hydrogens (tertiary/aromatic N) is 3. The van der Waals surface area contributed by atoms with Crippen LogP contribution in [0.4, 0.5) is 0 Å². The zero-order valence-corrected chi connectivity index (χ0v) is 17.4. The molecule has 3 heterocycles. The minimum atomic E-state index is 0.553. The van der Waals surface area contributed by atoms with Crippen LogP contribution in [0.3, 0.4) is 0 Å². The molecule has 0 aliphatic carbocycles. The number of fused-ring (bicyclic) bond motifs is 3. The Balaban J connectivity index is 1.53. The summed E-state index contributed by atoms with van der Waals surface area (Å²) in [5.41, 5.74) is 4.28. The lowest BCUT2D eigenvalue weighted by Gasteiger charge is -2.23. The minimum absolute atomic E-state index is 0.553. The zero-order chi connectivity index (χ0) is 20.3. The number of benzene rings is 2. The lowest BCUT2D eigenvalue weighted by Crippen LogP contribution is -2.21. The fourth-order valence-corrected chi connectivity index (χ4v) is 4.33. The van der Waals surface area contributed by atoms with Crippen molar-refractivity contribution in [2.45, 2.75) is 39.3 Å².